The summed E-state index contributed by atoms with van der Waals surface area (Å²) in [5.41, 5.74) is 2.85. The van der Waals surface area contributed by atoms with E-state index in [1.807, 2.05) is 31.2 Å². The molecule has 0 amide bonds. The third-order valence-corrected chi connectivity index (χ3v) is 3.94. The number of carbonyl (C=O) groups is 2. The molecule has 0 saturated heterocycles. The van der Waals surface area contributed by atoms with Crippen molar-refractivity contribution in [3.05, 3.63) is 77.1 Å². The van der Waals surface area contributed by atoms with Crippen LogP contribution in [-0.2, 0) is 0 Å². The van der Waals surface area contributed by atoms with Gasteiger partial charge < -0.3 is 4.74 Å². The quantitative estimate of drug-likeness (QED) is 0.669. The molecule has 2 aromatic carbocycles. The van der Waals surface area contributed by atoms with E-state index in [4.69, 9.17) is 4.74 Å². The van der Waals surface area contributed by atoms with Crippen molar-refractivity contribution in [3.8, 4) is 11.4 Å². The predicted molar refractivity (Wildman–Crippen MR) is 94.7 cm³/mol. The minimum atomic E-state index is -0.247. The van der Waals surface area contributed by atoms with Gasteiger partial charge in [-0.15, -0.1) is 0 Å². The topological polar surface area (TPSA) is 61.2 Å². The first-order valence-electron chi connectivity index (χ1n) is 7.86. The number of nitrogens with zero attached hydrogens (tertiary/aromatic N) is 2. The van der Waals surface area contributed by atoms with Gasteiger partial charge in [0.25, 0.3) is 0 Å². The monoisotopic (exact) mass is 334 g/mol. The summed E-state index contributed by atoms with van der Waals surface area (Å²) in [6, 6.07) is 14.5. The Morgan fingerprint density at radius 1 is 1.00 bits per heavy atom. The van der Waals surface area contributed by atoms with Crippen LogP contribution < -0.4 is 4.74 Å². The van der Waals surface area contributed by atoms with Crippen molar-refractivity contribution >= 4 is 11.6 Å². The Morgan fingerprint density at radius 3 is 2.20 bits per heavy atom. The van der Waals surface area contributed by atoms with Gasteiger partial charge in [-0.2, -0.15) is 5.10 Å². The van der Waals surface area contributed by atoms with Crippen LogP contribution in [0.15, 0.2) is 54.7 Å². The fourth-order valence-corrected chi connectivity index (χ4v) is 2.53. The summed E-state index contributed by atoms with van der Waals surface area (Å²) >= 11 is 0. The van der Waals surface area contributed by atoms with Gasteiger partial charge in [0.2, 0.25) is 0 Å². The maximum absolute atomic E-state index is 12.8. The Kier molecular flexibility index (Phi) is 4.48. The molecule has 0 atom stereocenters. The maximum atomic E-state index is 12.8. The molecular weight excluding hydrogens is 316 g/mol. The highest BCUT2D eigenvalue weighted by Gasteiger charge is 2.21. The standard InChI is InChI=1S/C20H18N2O3/c1-13-4-8-16(9-5-13)22-12-18(19(21-22)14(2)23)20(24)15-6-10-17(25-3)11-7-15/h4-12H,1-3H3. The van der Waals surface area contributed by atoms with E-state index in [1.165, 1.54) is 6.92 Å². The van der Waals surface area contributed by atoms with Crippen LogP contribution in [0.1, 0.15) is 38.9 Å². The summed E-state index contributed by atoms with van der Waals surface area (Å²) in [4.78, 5) is 24.8. The molecule has 0 aliphatic heterocycles. The van der Waals surface area contributed by atoms with E-state index in [9.17, 15) is 9.59 Å². The first-order chi connectivity index (χ1) is 12.0. The zero-order valence-corrected chi connectivity index (χ0v) is 14.3. The molecule has 126 valence electrons. The largest absolute Gasteiger partial charge is 0.497 e. The number of ether oxygens (including phenoxy) is 1. The van der Waals surface area contributed by atoms with Crippen molar-refractivity contribution < 1.29 is 14.3 Å². The predicted octanol–water partition coefficient (Wildman–Crippen LogP) is 3.62. The summed E-state index contributed by atoms with van der Waals surface area (Å²) < 4.78 is 6.67. The first kappa shape index (κ1) is 16.6. The lowest BCUT2D eigenvalue weighted by molar-refractivity contribution is 0.0987. The van der Waals surface area contributed by atoms with E-state index < -0.39 is 0 Å². The van der Waals surface area contributed by atoms with Crippen molar-refractivity contribution in [2.45, 2.75) is 13.8 Å². The number of methoxy groups -OCH3 is 1. The maximum Gasteiger partial charge on any atom is 0.196 e. The van der Waals surface area contributed by atoms with Gasteiger partial charge in [0.05, 0.1) is 18.4 Å². The minimum absolute atomic E-state index is 0.168. The van der Waals surface area contributed by atoms with Crippen LogP contribution in [0.4, 0.5) is 0 Å². The molecule has 0 aliphatic carbocycles. The Bertz CT molecular complexity index is 923. The Hall–Kier alpha value is -3.21. The molecule has 0 bridgehead atoms. The fourth-order valence-electron chi connectivity index (χ4n) is 2.53. The number of ketones is 2. The SMILES string of the molecule is COc1ccc(C(=O)c2cn(-c3ccc(C)cc3)nc2C(C)=O)cc1. The first-order valence-corrected chi connectivity index (χ1v) is 7.86. The zero-order valence-electron chi connectivity index (χ0n) is 14.3. The Morgan fingerprint density at radius 2 is 1.64 bits per heavy atom. The average molecular weight is 334 g/mol. The Balaban J connectivity index is 2.03. The van der Waals surface area contributed by atoms with Gasteiger partial charge in [-0.1, -0.05) is 17.7 Å². The van der Waals surface area contributed by atoms with Crippen molar-refractivity contribution in [2.75, 3.05) is 7.11 Å². The molecule has 25 heavy (non-hydrogen) atoms. The summed E-state index contributed by atoms with van der Waals surface area (Å²) in [7, 11) is 1.57. The molecule has 0 spiro atoms. The van der Waals surface area contributed by atoms with Gasteiger partial charge in [-0.25, -0.2) is 4.68 Å². The molecule has 1 aromatic heterocycles. The van der Waals surface area contributed by atoms with Crippen molar-refractivity contribution in [1.29, 1.82) is 0 Å². The van der Waals surface area contributed by atoms with E-state index >= 15 is 0 Å². The van der Waals surface area contributed by atoms with Crippen molar-refractivity contribution in [1.82, 2.24) is 9.78 Å². The normalized spacial score (nSPS) is 10.5. The second kappa shape index (κ2) is 6.73. The number of hydrogen-bond donors (Lipinski definition) is 0. The second-order valence-corrected chi connectivity index (χ2v) is 5.79. The minimum Gasteiger partial charge on any atom is -0.497 e. The van der Waals surface area contributed by atoms with E-state index in [-0.39, 0.29) is 17.3 Å². The van der Waals surface area contributed by atoms with E-state index in [1.54, 1.807) is 42.3 Å². The lowest BCUT2D eigenvalue weighted by Crippen LogP contribution is -2.06. The van der Waals surface area contributed by atoms with Crippen LogP contribution in [0.2, 0.25) is 0 Å². The van der Waals surface area contributed by atoms with Crippen molar-refractivity contribution in [2.24, 2.45) is 0 Å². The van der Waals surface area contributed by atoms with Gasteiger partial charge in [-0.3, -0.25) is 9.59 Å². The molecule has 0 saturated carbocycles. The molecule has 3 aromatic rings. The number of rotatable bonds is 5. The van der Waals surface area contributed by atoms with Gasteiger partial charge in [0, 0.05) is 18.7 Å². The lowest BCUT2D eigenvalue weighted by atomic mass is 10.0. The average Bonchev–Trinajstić information content (AvgIpc) is 3.07. The number of carbonyl (C=O) groups excluding carboxylic acids is 2. The molecule has 1 heterocycles. The van der Waals surface area contributed by atoms with Gasteiger partial charge in [0.15, 0.2) is 11.6 Å². The zero-order chi connectivity index (χ0) is 18.0. The van der Waals surface area contributed by atoms with Crippen LogP contribution in [0.5, 0.6) is 5.75 Å². The van der Waals surface area contributed by atoms with Crippen molar-refractivity contribution in [3.63, 3.8) is 0 Å². The van der Waals surface area contributed by atoms with Gasteiger partial charge >= 0.3 is 0 Å². The number of Topliss-reactive ketones (excluding diaryl/α,β-unsaturated/α-hetero) is 1. The van der Waals surface area contributed by atoms with Crippen LogP contribution in [0.3, 0.4) is 0 Å². The van der Waals surface area contributed by atoms with E-state index in [2.05, 4.69) is 5.10 Å². The third kappa shape index (κ3) is 3.35. The molecule has 0 aliphatic rings. The van der Waals surface area contributed by atoms with Crippen LogP contribution in [0.25, 0.3) is 5.69 Å². The lowest BCUT2D eigenvalue weighted by Gasteiger charge is -2.02. The van der Waals surface area contributed by atoms with Gasteiger partial charge in [-0.05, 0) is 43.3 Å². The summed E-state index contributed by atoms with van der Waals surface area (Å²) in [6.07, 6.45) is 1.61. The number of aryl methyl sites for hydroxylation is 1. The highest BCUT2D eigenvalue weighted by atomic mass is 16.5. The molecule has 3 rings (SSSR count). The molecule has 0 N–H and O–H groups in total. The van der Waals surface area contributed by atoms with E-state index in [0.717, 1.165) is 11.3 Å². The fraction of sp³-hybridized carbons (Fsp3) is 0.150. The molecule has 0 radical (unpaired) electrons. The van der Waals surface area contributed by atoms with Crippen LogP contribution in [-0.4, -0.2) is 28.5 Å². The molecule has 5 heteroatoms. The molecular formula is C20H18N2O3. The van der Waals surface area contributed by atoms with Gasteiger partial charge in [0.1, 0.15) is 11.4 Å². The van der Waals surface area contributed by atoms with E-state index in [0.29, 0.717) is 16.9 Å². The summed E-state index contributed by atoms with van der Waals surface area (Å²) in [5.74, 6) is 0.174. The number of hydrogen-bond acceptors (Lipinski definition) is 4. The highest BCUT2D eigenvalue weighted by Crippen LogP contribution is 2.19. The molecule has 5 nitrogen and oxygen atoms in total. The Labute approximate surface area is 145 Å². The van der Waals surface area contributed by atoms with Crippen LogP contribution >= 0.6 is 0 Å². The van der Waals surface area contributed by atoms with Crippen LogP contribution in [0, 0.1) is 6.92 Å². The highest BCUT2D eigenvalue weighted by molar-refractivity contribution is 6.14. The smallest absolute Gasteiger partial charge is 0.196 e. The number of benzene rings is 2. The second-order valence-electron chi connectivity index (χ2n) is 5.79. The summed E-state index contributed by atoms with van der Waals surface area (Å²) in [5, 5.41) is 4.31. The summed E-state index contributed by atoms with van der Waals surface area (Å²) in [6.45, 7) is 3.40. The molecule has 0 fully saturated rings. The third-order valence-electron chi connectivity index (χ3n) is 3.94. The molecule has 0 unspecified atom stereocenters. The number of aromatic nitrogens is 2.